The summed E-state index contributed by atoms with van der Waals surface area (Å²) in [6.45, 7) is 3.69. The van der Waals surface area contributed by atoms with Crippen LogP contribution in [-0.2, 0) is 21.0 Å². The molecule has 0 aliphatic heterocycles. The Kier molecular flexibility index (Phi) is 6.55. The van der Waals surface area contributed by atoms with Gasteiger partial charge in [-0.15, -0.1) is 0 Å². The molecule has 0 unspecified atom stereocenters. The van der Waals surface area contributed by atoms with E-state index in [4.69, 9.17) is 4.74 Å². The van der Waals surface area contributed by atoms with E-state index in [0.29, 0.717) is 12.4 Å². The van der Waals surface area contributed by atoms with Gasteiger partial charge in [0, 0.05) is 12.1 Å². The molecule has 0 saturated carbocycles. The Balaban J connectivity index is 2.31. The fraction of sp³-hybridized carbons (Fsp3) is 0.278. The Morgan fingerprint density at radius 2 is 1.71 bits per heavy atom. The van der Waals surface area contributed by atoms with Crippen molar-refractivity contribution in [3.8, 4) is 5.75 Å². The monoisotopic (exact) mass is 416 g/mol. The van der Waals surface area contributed by atoms with Crippen molar-refractivity contribution in [2.75, 3.05) is 16.6 Å². The van der Waals surface area contributed by atoms with Crippen LogP contribution < -0.4 is 14.8 Å². The van der Waals surface area contributed by atoms with Gasteiger partial charge in [0.2, 0.25) is 5.91 Å². The van der Waals surface area contributed by atoms with E-state index in [-0.39, 0.29) is 28.6 Å². The average molecular weight is 416 g/mol. The Morgan fingerprint density at radius 3 is 2.25 bits per heavy atom. The number of anilines is 2. The first-order valence-corrected chi connectivity index (χ1v) is 9.82. The molecule has 28 heavy (non-hydrogen) atoms. The van der Waals surface area contributed by atoms with Gasteiger partial charge in [-0.1, -0.05) is 6.92 Å². The Hall–Kier alpha value is -2.75. The summed E-state index contributed by atoms with van der Waals surface area (Å²) in [4.78, 5) is 11.5. The number of benzene rings is 2. The summed E-state index contributed by atoms with van der Waals surface area (Å²) in [5.74, 6) is -0.0241. The number of halogens is 3. The SMILES string of the molecule is CCOc1ccc(S(=O)(=O)Nc2ccc(C(F)(F)F)cc2)cc1NC(=O)CC. The first-order valence-electron chi connectivity index (χ1n) is 8.33. The third-order valence-corrected chi connectivity index (χ3v) is 5.00. The summed E-state index contributed by atoms with van der Waals surface area (Å²) < 4.78 is 70.6. The van der Waals surface area contributed by atoms with E-state index >= 15 is 0 Å². The van der Waals surface area contributed by atoms with Crippen molar-refractivity contribution in [2.24, 2.45) is 0 Å². The lowest BCUT2D eigenvalue weighted by atomic mass is 10.2. The summed E-state index contributed by atoms with van der Waals surface area (Å²) in [5, 5.41) is 2.56. The van der Waals surface area contributed by atoms with Gasteiger partial charge in [0.1, 0.15) is 5.75 Å². The number of carbonyl (C=O) groups excluding carboxylic acids is 1. The number of sulfonamides is 1. The van der Waals surface area contributed by atoms with Crippen LogP contribution in [0.4, 0.5) is 24.5 Å². The second-order valence-corrected chi connectivity index (χ2v) is 7.36. The number of nitrogens with one attached hydrogen (secondary N) is 2. The van der Waals surface area contributed by atoms with Crippen molar-refractivity contribution in [1.82, 2.24) is 0 Å². The van der Waals surface area contributed by atoms with Gasteiger partial charge in [-0.3, -0.25) is 9.52 Å². The van der Waals surface area contributed by atoms with Gasteiger partial charge in [-0.2, -0.15) is 13.2 Å². The summed E-state index contributed by atoms with van der Waals surface area (Å²) in [6.07, 6.45) is -4.33. The number of rotatable bonds is 7. The van der Waals surface area contributed by atoms with Gasteiger partial charge in [0.25, 0.3) is 10.0 Å². The smallest absolute Gasteiger partial charge is 0.416 e. The lowest BCUT2D eigenvalue weighted by Gasteiger charge is -2.14. The Bertz CT molecular complexity index is 942. The van der Waals surface area contributed by atoms with Crippen LogP contribution in [0.3, 0.4) is 0 Å². The predicted octanol–water partition coefficient (Wildman–Crippen LogP) is 4.25. The van der Waals surface area contributed by atoms with Crippen molar-refractivity contribution in [1.29, 1.82) is 0 Å². The largest absolute Gasteiger partial charge is 0.492 e. The second kappa shape index (κ2) is 8.51. The van der Waals surface area contributed by atoms with Gasteiger partial charge >= 0.3 is 6.18 Å². The fourth-order valence-electron chi connectivity index (χ4n) is 2.24. The summed E-state index contributed by atoms with van der Waals surface area (Å²) in [7, 11) is -4.10. The minimum atomic E-state index is -4.51. The highest BCUT2D eigenvalue weighted by molar-refractivity contribution is 7.92. The van der Waals surface area contributed by atoms with Gasteiger partial charge < -0.3 is 10.1 Å². The maximum Gasteiger partial charge on any atom is 0.416 e. The molecule has 152 valence electrons. The predicted molar refractivity (Wildman–Crippen MR) is 98.8 cm³/mol. The third kappa shape index (κ3) is 5.38. The minimum Gasteiger partial charge on any atom is -0.492 e. The van der Waals surface area contributed by atoms with E-state index < -0.39 is 21.8 Å². The lowest BCUT2D eigenvalue weighted by Crippen LogP contribution is -2.15. The zero-order chi connectivity index (χ0) is 20.9. The molecule has 0 heterocycles. The van der Waals surface area contributed by atoms with Crippen LogP contribution in [-0.4, -0.2) is 20.9 Å². The molecule has 6 nitrogen and oxygen atoms in total. The van der Waals surface area contributed by atoms with Gasteiger partial charge in [-0.05, 0) is 49.4 Å². The quantitative estimate of drug-likeness (QED) is 0.707. The zero-order valence-corrected chi connectivity index (χ0v) is 15.9. The second-order valence-electron chi connectivity index (χ2n) is 5.67. The molecule has 2 aromatic rings. The van der Waals surface area contributed by atoms with Crippen molar-refractivity contribution < 1.29 is 31.1 Å². The fourth-order valence-corrected chi connectivity index (χ4v) is 3.32. The molecule has 0 spiro atoms. The molecule has 0 fully saturated rings. The number of ether oxygens (including phenoxy) is 1. The molecule has 2 rings (SSSR count). The van der Waals surface area contributed by atoms with Crippen LogP contribution in [0.1, 0.15) is 25.8 Å². The Labute approximate surface area is 160 Å². The number of carbonyl (C=O) groups is 1. The minimum absolute atomic E-state index is 0.0268. The van der Waals surface area contributed by atoms with Crippen LogP contribution in [0, 0.1) is 0 Å². The molecule has 1 amide bonds. The van der Waals surface area contributed by atoms with Gasteiger partial charge in [0.15, 0.2) is 0 Å². The zero-order valence-electron chi connectivity index (χ0n) is 15.1. The van der Waals surface area contributed by atoms with Crippen LogP contribution in [0.2, 0.25) is 0 Å². The summed E-state index contributed by atoms with van der Waals surface area (Å²) >= 11 is 0. The van der Waals surface area contributed by atoms with E-state index in [2.05, 4.69) is 10.0 Å². The average Bonchev–Trinajstić information content (AvgIpc) is 2.62. The molecule has 0 radical (unpaired) electrons. The van der Waals surface area contributed by atoms with Crippen molar-refractivity contribution in [3.63, 3.8) is 0 Å². The number of alkyl halides is 3. The topological polar surface area (TPSA) is 84.5 Å². The van der Waals surface area contributed by atoms with E-state index in [0.717, 1.165) is 24.3 Å². The molecule has 0 aliphatic rings. The van der Waals surface area contributed by atoms with Gasteiger partial charge in [-0.25, -0.2) is 8.42 Å². The summed E-state index contributed by atoms with van der Waals surface area (Å²) in [6, 6.07) is 7.51. The Morgan fingerprint density at radius 1 is 1.07 bits per heavy atom. The molecule has 0 atom stereocenters. The van der Waals surface area contributed by atoms with E-state index in [1.54, 1.807) is 13.8 Å². The molecule has 0 bridgehead atoms. The number of hydrogen-bond acceptors (Lipinski definition) is 4. The molecule has 0 aliphatic carbocycles. The third-order valence-electron chi connectivity index (χ3n) is 3.62. The normalized spacial score (nSPS) is 11.8. The molecular formula is C18H19F3N2O4S. The molecule has 2 aromatic carbocycles. The molecule has 2 N–H and O–H groups in total. The standard InChI is InChI=1S/C18H19F3N2O4S/c1-3-17(24)22-15-11-14(9-10-16(15)27-4-2)28(25,26)23-13-7-5-12(6-8-13)18(19,20)21/h5-11,23H,3-4H2,1-2H3,(H,22,24). The van der Waals surface area contributed by atoms with Crippen molar-refractivity contribution in [2.45, 2.75) is 31.3 Å². The molecule has 10 heteroatoms. The van der Waals surface area contributed by atoms with Gasteiger partial charge in [0.05, 0.1) is 22.8 Å². The van der Waals surface area contributed by atoms with Crippen LogP contribution in [0.5, 0.6) is 5.75 Å². The number of amides is 1. The van der Waals surface area contributed by atoms with Crippen LogP contribution in [0.15, 0.2) is 47.4 Å². The van der Waals surface area contributed by atoms with Crippen LogP contribution in [0.25, 0.3) is 0 Å². The maximum atomic E-state index is 12.6. The summed E-state index contributed by atoms with van der Waals surface area (Å²) in [5.41, 5.74) is -0.730. The maximum absolute atomic E-state index is 12.6. The van der Waals surface area contributed by atoms with Crippen molar-refractivity contribution in [3.05, 3.63) is 48.0 Å². The lowest BCUT2D eigenvalue weighted by molar-refractivity contribution is -0.137. The highest BCUT2D eigenvalue weighted by Crippen LogP contribution is 2.31. The highest BCUT2D eigenvalue weighted by Gasteiger charge is 2.30. The van der Waals surface area contributed by atoms with Crippen LogP contribution >= 0.6 is 0 Å². The van der Waals surface area contributed by atoms with E-state index in [9.17, 15) is 26.4 Å². The molecular weight excluding hydrogens is 397 g/mol. The first kappa shape index (κ1) is 21.5. The number of hydrogen-bond donors (Lipinski definition) is 2. The molecule has 0 aromatic heterocycles. The van der Waals surface area contributed by atoms with E-state index in [1.807, 2.05) is 0 Å². The van der Waals surface area contributed by atoms with Crippen molar-refractivity contribution >= 4 is 27.3 Å². The van der Waals surface area contributed by atoms with E-state index in [1.165, 1.54) is 18.2 Å². The highest BCUT2D eigenvalue weighted by atomic mass is 32.2. The first-order chi connectivity index (χ1) is 13.1. The molecule has 0 saturated heterocycles.